The van der Waals surface area contributed by atoms with Crippen molar-refractivity contribution in [2.45, 2.75) is 5.41 Å². The fourth-order valence-corrected chi connectivity index (χ4v) is 12.0. The molecule has 0 atom stereocenters. The van der Waals surface area contributed by atoms with E-state index in [0.717, 1.165) is 61.9 Å². The Labute approximate surface area is 438 Å². The van der Waals surface area contributed by atoms with Gasteiger partial charge >= 0.3 is 0 Å². The number of nitrogens with zero attached hydrogens (tertiary/aromatic N) is 1. The van der Waals surface area contributed by atoms with Crippen molar-refractivity contribution >= 4 is 17.1 Å². The molecule has 0 fully saturated rings. The van der Waals surface area contributed by atoms with Crippen molar-refractivity contribution in [2.75, 3.05) is 4.90 Å². The Morgan fingerprint density at radius 1 is 0.227 bits per heavy atom. The summed E-state index contributed by atoms with van der Waals surface area (Å²) in [5.74, 6) is 1.75. The van der Waals surface area contributed by atoms with Gasteiger partial charge < -0.3 is 9.64 Å². The molecule has 75 heavy (non-hydrogen) atoms. The molecule has 352 valence electrons. The lowest BCUT2D eigenvalue weighted by atomic mass is 9.66. The van der Waals surface area contributed by atoms with Crippen LogP contribution in [0.15, 0.2) is 297 Å². The minimum Gasteiger partial charge on any atom is -0.457 e. The predicted octanol–water partition coefficient (Wildman–Crippen LogP) is 19.6. The van der Waals surface area contributed by atoms with Crippen molar-refractivity contribution in [1.29, 1.82) is 0 Å². The van der Waals surface area contributed by atoms with E-state index in [4.69, 9.17) is 4.74 Å². The van der Waals surface area contributed by atoms with Crippen LogP contribution < -0.4 is 9.64 Å². The number of fused-ring (bicyclic) bond motifs is 9. The van der Waals surface area contributed by atoms with Crippen molar-refractivity contribution in [2.24, 2.45) is 0 Å². The summed E-state index contributed by atoms with van der Waals surface area (Å²) < 4.78 is 6.76. The molecule has 1 aliphatic carbocycles. The van der Waals surface area contributed by atoms with Crippen LogP contribution in [-0.4, -0.2) is 0 Å². The molecule has 2 heteroatoms. The normalized spacial score (nSPS) is 12.5. The fourth-order valence-electron chi connectivity index (χ4n) is 12.0. The molecule has 0 N–H and O–H groups in total. The summed E-state index contributed by atoms with van der Waals surface area (Å²) in [7, 11) is 0. The zero-order valence-electron chi connectivity index (χ0n) is 41.1. The van der Waals surface area contributed by atoms with Gasteiger partial charge in [0.25, 0.3) is 0 Å². The molecule has 0 saturated heterocycles. The van der Waals surface area contributed by atoms with E-state index >= 15 is 0 Å². The van der Waals surface area contributed by atoms with Crippen LogP contribution in [0.3, 0.4) is 0 Å². The van der Waals surface area contributed by atoms with Crippen molar-refractivity contribution in [3.63, 3.8) is 0 Å². The van der Waals surface area contributed by atoms with Gasteiger partial charge in [0.15, 0.2) is 0 Å². The SMILES string of the molecule is c1ccc(-c2cc(-c3ccccc3)cc(-c3ccc(N(c4ccc5c(c4)C4(c6ccccc6Oc6ccccc64)c4ccccc4-5)c4ccccc4-c4ccccc4-c4ccccc4-c4ccccc4)cc3)c2)cc1. The summed E-state index contributed by atoms with van der Waals surface area (Å²) in [6.07, 6.45) is 0. The largest absolute Gasteiger partial charge is 0.457 e. The molecule has 2 nitrogen and oxygen atoms in total. The monoisotopic (exact) mass is 955 g/mol. The van der Waals surface area contributed by atoms with E-state index in [2.05, 4.69) is 302 Å². The van der Waals surface area contributed by atoms with Crippen LogP contribution in [0.5, 0.6) is 11.5 Å². The first-order valence-electron chi connectivity index (χ1n) is 25.8. The molecular formula is C73H49NO. The molecule has 0 aromatic heterocycles. The van der Waals surface area contributed by atoms with Gasteiger partial charge in [-0.2, -0.15) is 0 Å². The quantitative estimate of drug-likeness (QED) is 0.143. The Morgan fingerprint density at radius 3 is 1.19 bits per heavy atom. The summed E-state index contributed by atoms with van der Waals surface area (Å²) >= 11 is 0. The van der Waals surface area contributed by atoms with Crippen LogP contribution in [0.1, 0.15) is 22.3 Å². The second-order valence-corrected chi connectivity index (χ2v) is 19.5. The van der Waals surface area contributed by atoms with Crippen molar-refractivity contribution in [3.05, 3.63) is 320 Å². The molecule has 1 spiro atoms. The predicted molar refractivity (Wildman–Crippen MR) is 311 cm³/mol. The molecule has 14 rings (SSSR count). The first-order chi connectivity index (χ1) is 37.2. The van der Waals surface area contributed by atoms with Gasteiger partial charge in [-0.3, -0.25) is 0 Å². The number of rotatable bonds is 9. The standard InChI is InChI=1S/C73H49NO/c1-4-22-50(23-5-1)54-46-55(51-24-6-2-7-25-51)48-56(47-54)52-40-42-57(43-41-52)74(70-37-19-15-33-65(70)62-31-13-12-30-61(62)60-29-11-10-28-59(60)53-26-8-3-9-27-53)58-44-45-64-63-32-14-16-34-66(63)73(69(64)49-58)67-35-17-20-38-71(67)75-72-39-21-18-36-68(72)73/h1-49H. The summed E-state index contributed by atoms with van der Waals surface area (Å²) in [6.45, 7) is 0. The average Bonchev–Trinajstić information content (AvgIpc) is 3.85. The molecule has 0 unspecified atom stereocenters. The summed E-state index contributed by atoms with van der Waals surface area (Å²) in [6, 6.07) is 108. The van der Waals surface area contributed by atoms with E-state index < -0.39 is 5.41 Å². The third-order valence-corrected chi connectivity index (χ3v) is 15.4. The zero-order valence-corrected chi connectivity index (χ0v) is 41.1. The van der Waals surface area contributed by atoms with Gasteiger partial charge in [0, 0.05) is 28.1 Å². The number of para-hydroxylation sites is 3. The van der Waals surface area contributed by atoms with E-state index in [0.29, 0.717) is 0 Å². The third kappa shape index (κ3) is 7.41. The summed E-state index contributed by atoms with van der Waals surface area (Å²) in [4.78, 5) is 2.48. The molecule has 2 aliphatic rings. The Kier molecular flexibility index (Phi) is 10.8. The van der Waals surface area contributed by atoms with E-state index in [-0.39, 0.29) is 0 Å². The molecule has 1 aliphatic heterocycles. The maximum atomic E-state index is 6.76. The lowest BCUT2D eigenvalue weighted by Gasteiger charge is -2.39. The van der Waals surface area contributed by atoms with E-state index in [1.165, 1.54) is 66.8 Å². The Hall–Kier alpha value is -9.76. The molecule has 1 heterocycles. The topological polar surface area (TPSA) is 12.5 Å². The number of hydrogen-bond acceptors (Lipinski definition) is 2. The lowest BCUT2D eigenvalue weighted by Crippen LogP contribution is -2.32. The average molecular weight is 956 g/mol. The Balaban J connectivity index is 0.988. The molecular weight excluding hydrogens is 907 g/mol. The summed E-state index contributed by atoms with van der Waals surface area (Å²) in [5, 5.41) is 0. The number of benzene rings is 12. The molecule has 0 saturated carbocycles. The number of anilines is 3. The smallest absolute Gasteiger partial charge is 0.132 e. The third-order valence-electron chi connectivity index (χ3n) is 15.4. The van der Waals surface area contributed by atoms with Crippen LogP contribution in [0.4, 0.5) is 17.1 Å². The van der Waals surface area contributed by atoms with Gasteiger partial charge in [-0.05, 0) is 144 Å². The van der Waals surface area contributed by atoms with E-state index in [9.17, 15) is 0 Å². The Morgan fingerprint density at radius 2 is 0.613 bits per heavy atom. The Bertz CT molecular complexity index is 3980. The van der Waals surface area contributed by atoms with Gasteiger partial charge in [-0.15, -0.1) is 0 Å². The van der Waals surface area contributed by atoms with Crippen LogP contribution in [-0.2, 0) is 5.41 Å². The minimum absolute atomic E-state index is 0.629. The molecule has 0 radical (unpaired) electrons. The number of ether oxygens (including phenoxy) is 1. The highest BCUT2D eigenvalue weighted by atomic mass is 16.5. The first kappa shape index (κ1) is 44.0. The van der Waals surface area contributed by atoms with Gasteiger partial charge in [0.1, 0.15) is 11.5 Å². The van der Waals surface area contributed by atoms with Gasteiger partial charge in [0.2, 0.25) is 0 Å². The highest BCUT2D eigenvalue weighted by Gasteiger charge is 2.51. The second-order valence-electron chi connectivity index (χ2n) is 19.5. The van der Waals surface area contributed by atoms with E-state index in [1.807, 2.05) is 0 Å². The van der Waals surface area contributed by atoms with Gasteiger partial charge in [-0.25, -0.2) is 0 Å². The second kappa shape index (κ2) is 18.4. The van der Waals surface area contributed by atoms with Crippen molar-refractivity contribution < 1.29 is 4.74 Å². The van der Waals surface area contributed by atoms with Crippen molar-refractivity contribution in [3.8, 4) is 89.4 Å². The molecule has 12 aromatic carbocycles. The van der Waals surface area contributed by atoms with Crippen LogP contribution in [0.25, 0.3) is 77.9 Å². The lowest BCUT2D eigenvalue weighted by molar-refractivity contribution is 0.436. The van der Waals surface area contributed by atoms with Gasteiger partial charge in [0.05, 0.1) is 11.1 Å². The molecule has 0 bridgehead atoms. The maximum Gasteiger partial charge on any atom is 0.132 e. The minimum atomic E-state index is -0.629. The van der Waals surface area contributed by atoms with Crippen molar-refractivity contribution in [1.82, 2.24) is 0 Å². The first-order valence-corrected chi connectivity index (χ1v) is 25.8. The van der Waals surface area contributed by atoms with E-state index in [1.54, 1.807) is 0 Å². The number of hydrogen-bond donors (Lipinski definition) is 0. The zero-order chi connectivity index (χ0) is 49.7. The molecule has 12 aromatic rings. The highest BCUT2D eigenvalue weighted by molar-refractivity contribution is 5.98. The molecule has 0 amide bonds. The van der Waals surface area contributed by atoms with Gasteiger partial charge in [-0.1, -0.05) is 237 Å². The van der Waals surface area contributed by atoms with Crippen LogP contribution >= 0.6 is 0 Å². The van der Waals surface area contributed by atoms with Crippen LogP contribution in [0, 0.1) is 0 Å². The van der Waals surface area contributed by atoms with Crippen LogP contribution in [0.2, 0.25) is 0 Å². The fraction of sp³-hybridized carbons (Fsp3) is 0.0137. The maximum absolute atomic E-state index is 6.76. The highest BCUT2D eigenvalue weighted by Crippen LogP contribution is 2.63. The summed E-state index contributed by atoms with van der Waals surface area (Å²) in [5.41, 5.74) is 23.9.